The number of carbonyl (C=O) groups is 1. The van der Waals surface area contributed by atoms with Gasteiger partial charge in [0.25, 0.3) is 0 Å². The third-order valence-electron chi connectivity index (χ3n) is 3.65. The van der Waals surface area contributed by atoms with Crippen molar-refractivity contribution in [3.63, 3.8) is 0 Å². The van der Waals surface area contributed by atoms with E-state index < -0.39 is 5.63 Å². The number of methoxy groups -OCH3 is 2. The highest BCUT2D eigenvalue weighted by molar-refractivity contribution is 6.02. The lowest BCUT2D eigenvalue weighted by Crippen LogP contribution is -2.05. The summed E-state index contributed by atoms with van der Waals surface area (Å²) < 4.78 is 15.9. The zero-order valence-corrected chi connectivity index (χ0v) is 12.7. The second-order valence-electron chi connectivity index (χ2n) is 4.86. The summed E-state index contributed by atoms with van der Waals surface area (Å²) in [5.41, 5.74) is 0.320. The molecule has 0 aliphatic carbocycles. The van der Waals surface area contributed by atoms with Crippen LogP contribution in [-0.2, 0) is 0 Å². The summed E-state index contributed by atoms with van der Waals surface area (Å²) in [7, 11) is 3.04. The number of benzene rings is 2. The van der Waals surface area contributed by atoms with Crippen molar-refractivity contribution in [2.75, 3.05) is 14.2 Å². The molecule has 0 N–H and O–H groups in total. The van der Waals surface area contributed by atoms with Gasteiger partial charge in [-0.1, -0.05) is 18.2 Å². The molecule has 0 saturated heterocycles. The Morgan fingerprint density at radius 3 is 2.39 bits per heavy atom. The van der Waals surface area contributed by atoms with Gasteiger partial charge in [-0.15, -0.1) is 0 Å². The summed E-state index contributed by atoms with van der Waals surface area (Å²) in [6.07, 6.45) is 0.685. The molecule has 0 spiro atoms. The molecular weight excluding hydrogens is 296 g/mol. The van der Waals surface area contributed by atoms with E-state index >= 15 is 0 Å². The van der Waals surface area contributed by atoms with Crippen molar-refractivity contribution in [1.29, 1.82) is 0 Å². The van der Waals surface area contributed by atoms with Crippen LogP contribution in [0.1, 0.15) is 10.4 Å². The van der Waals surface area contributed by atoms with Gasteiger partial charge in [0.15, 0.2) is 12.0 Å². The largest absolute Gasteiger partial charge is 0.497 e. The summed E-state index contributed by atoms with van der Waals surface area (Å²) in [5.74, 6) is 1.23. The first-order chi connectivity index (χ1) is 11.2. The van der Waals surface area contributed by atoms with Crippen molar-refractivity contribution in [2.24, 2.45) is 0 Å². The molecule has 0 aliphatic heterocycles. The Bertz CT molecular complexity index is 940. The Kier molecular flexibility index (Phi) is 3.85. The number of hydrogen-bond acceptors (Lipinski definition) is 5. The van der Waals surface area contributed by atoms with Crippen LogP contribution in [0.25, 0.3) is 22.1 Å². The van der Waals surface area contributed by atoms with E-state index in [9.17, 15) is 9.59 Å². The van der Waals surface area contributed by atoms with Crippen LogP contribution in [0.2, 0.25) is 0 Å². The van der Waals surface area contributed by atoms with E-state index in [1.165, 1.54) is 7.11 Å². The second-order valence-corrected chi connectivity index (χ2v) is 4.86. The molecule has 0 unspecified atom stereocenters. The van der Waals surface area contributed by atoms with E-state index in [1.54, 1.807) is 49.6 Å². The van der Waals surface area contributed by atoms with Crippen molar-refractivity contribution < 1.29 is 18.7 Å². The topological polar surface area (TPSA) is 65.7 Å². The maximum Gasteiger partial charge on any atom is 0.344 e. The molecule has 0 amide bonds. The minimum Gasteiger partial charge on any atom is -0.497 e. The molecule has 2 aromatic carbocycles. The van der Waals surface area contributed by atoms with Crippen molar-refractivity contribution in [3.8, 4) is 22.8 Å². The molecule has 0 aliphatic rings. The van der Waals surface area contributed by atoms with Crippen LogP contribution in [0.15, 0.2) is 51.7 Å². The molecule has 5 heteroatoms. The predicted octanol–water partition coefficient (Wildman–Crippen LogP) is 3.29. The lowest BCUT2D eigenvalue weighted by molar-refractivity contribution is 0.112. The van der Waals surface area contributed by atoms with Crippen LogP contribution < -0.4 is 15.1 Å². The first-order valence-electron chi connectivity index (χ1n) is 6.93. The second kappa shape index (κ2) is 5.96. The number of carbonyl (C=O) groups excluding carboxylic acids is 1. The molecule has 3 rings (SSSR count). The first-order valence-corrected chi connectivity index (χ1v) is 6.93. The number of fused-ring (bicyclic) bond motifs is 1. The molecule has 1 heterocycles. The van der Waals surface area contributed by atoms with Gasteiger partial charge < -0.3 is 13.9 Å². The van der Waals surface area contributed by atoms with Crippen LogP contribution in [0, 0.1) is 0 Å². The van der Waals surface area contributed by atoms with Gasteiger partial charge in [0.05, 0.1) is 30.7 Å². The summed E-state index contributed by atoms with van der Waals surface area (Å²) in [4.78, 5) is 23.8. The number of aldehydes is 1. The molecule has 1 aromatic heterocycles. The molecule has 5 nitrogen and oxygen atoms in total. The fourth-order valence-electron chi connectivity index (χ4n) is 2.52. The number of ether oxygens (including phenoxy) is 2. The zero-order valence-electron chi connectivity index (χ0n) is 12.7. The Labute approximate surface area is 132 Å². The number of hydrogen-bond donors (Lipinski definition) is 0. The van der Waals surface area contributed by atoms with Gasteiger partial charge in [0.1, 0.15) is 11.5 Å². The smallest absolute Gasteiger partial charge is 0.344 e. The molecule has 0 bridgehead atoms. The average molecular weight is 310 g/mol. The fourth-order valence-corrected chi connectivity index (χ4v) is 2.52. The summed E-state index contributed by atoms with van der Waals surface area (Å²) >= 11 is 0. The molecule has 0 radical (unpaired) electrons. The van der Waals surface area contributed by atoms with Gasteiger partial charge in [-0.05, 0) is 18.2 Å². The van der Waals surface area contributed by atoms with Gasteiger partial charge in [-0.2, -0.15) is 0 Å². The molecule has 3 aromatic rings. The van der Waals surface area contributed by atoms with Crippen molar-refractivity contribution in [3.05, 3.63) is 58.4 Å². The van der Waals surface area contributed by atoms with Crippen LogP contribution in [0.4, 0.5) is 0 Å². The lowest BCUT2D eigenvalue weighted by atomic mass is 10.0. The van der Waals surface area contributed by atoms with Gasteiger partial charge in [-0.25, -0.2) is 4.79 Å². The Morgan fingerprint density at radius 1 is 1.00 bits per heavy atom. The van der Waals surface area contributed by atoms with Gasteiger partial charge in [0, 0.05) is 11.5 Å². The van der Waals surface area contributed by atoms with Crippen LogP contribution in [-0.4, -0.2) is 20.5 Å². The molecule has 0 fully saturated rings. The van der Waals surface area contributed by atoms with Crippen LogP contribution in [0.3, 0.4) is 0 Å². The standard InChI is InChI=1S/C18H14O5/c1-21-11-7-8-14(16(9-11)22-2)17-15(10-19)12-5-3-4-6-13(12)18(20)23-17/h3-10H,1-2H3. The van der Waals surface area contributed by atoms with E-state index in [2.05, 4.69) is 0 Å². The monoisotopic (exact) mass is 310 g/mol. The van der Waals surface area contributed by atoms with E-state index in [-0.39, 0.29) is 5.76 Å². The Balaban J connectivity index is 2.37. The highest BCUT2D eigenvalue weighted by Crippen LogP contribution is 2.36. The molecule has 0 saturated carbocycles. The predicted molar refractivity (Wildman–Crippen MR) is 86.4 cm³/mol. The Morgan fingerprint density at radius 2 is 1.74 bits per heavy atom. The van der Waals surface area contributed by atoms with Crippen LogP contribution in [0.5, 0.6) is 11.5 Å². The number of rotatable bonds is 4. The summed E-state index contributed by atoms with van der Waals surface area (Å²) in [6.45, 7) is 0. The normalized spacial score (nSPS) is 10.5. The van der Waals surface area contributed by atoms with E-state index in [1.807, 2.05) is 0 Å². The van der Waals surface area contributed by atoms with Gasteiger partial charge in [0.2, 0.25) is 0 Å². The van der Waals surface area contributed by atoms with E-state index in [0.717, 1.165) is 0 Å². The van der Waals surface area contributed by atoms with Crippen molar-refractivity contribution >= 4 is 17.1 Å². The van der Waals surface area contributed by atoms with Gasteiger partial charge >= 0.3 is 5.63 Å². The zero-order chi connectivity index (χ0) is 16.4. The highest BCUT2D eigenvalue weighted by Gasteiger charge is 2.18. The third kappa shape index (κ3) is 2.46. The molecular formula is C18H14O5. The minimum absolute atomic E-state index is 0.184. The fraction of sp³-hybridized carbons (Fsp3) is 0.111. The quantitative estimate of drug-likeness (QED) is 0.692. The maximum absolute atomic E-state index is 12.2. The highest BCUT2D eigenvalue weighted by atomic mass is 16.5. The summed E-state index contributed by atoms with van der Waals surface area (Å²) in [6, 6.07) is 11.9. The first kappa shape index (κ1) is 14.8. The minimum atomic E-state index is -0.501. The lowest BCUT2D eigenvalue weighted by Gasteiger charge is -2.12. The maximum atomic E-state index is 12.2. The van der Waals surface area contributed by atoms with E-state index in [4.69, 9.17) is 13.9 Å². The molecule has 0 atom stereocenters. The average Bonchev–Trinajstić information content (AvgIpc) is 2.61. The SMILES string of the molecule is COc1ccc(-c2oc(=O)c3ccccc3c2C=O)c(OC)c1. The van der Waals surface area contributed by atoms with Crippen molar-refractivity contribution in [1.82, 2.24) is 0 Å². The van der Waals surface area contributed by atoms with E-state index in [0.29, 0.717) is 39.7 Å². The summed E-state index contributed by atoms with van der Waals surface area (Å²) in [5, 5.41) is 0.914. The van der Waals surface area contributed by atoms with Crippen LogP contribution >= 0.6 is 0 Å². The third-order valence-corrected chi connectivity index (χ3v) is 3.65. The molecule has 23 heavy (non-hydrogen) atoms. The Hall–Kier alpha value is -3.08. The molecule has 116 valence electrons. The van der Waals surface area contributed by atoms with Crippen molar-refractivity contribution in [2.45, 2.75) is 0 Å². The van der Waals surface area contributed by atoms with Gasteiger partial charge in [-0.3, -0.25) is 4.79 Å².